The topological polar surface area (TPSA) is 49.3 Å². The summed E-state index contributed by atoms with van der Waals surface area (Å²) in [7, 11) is 0. The first-order chi connectivity index (χ1) is 6.75. The molecule has 0 aliphatic heterocycles. The minimum absolute atomic E-state index is 0.401. The number of nitrogens with one attached hydrogen (secondary N) is 1. The Hall–Kier alpha value is -0.870. The molecule has 0 aromatic carbocycles. The van der Waals surface area contributed by atoms with Gasteiger partial charge in [0.1, 0.15) is 0 Å². The van der Waals surface area contributed by atoms with E-state index >= 15 is 0 Å². The number of carboxylic acid groups (broad SMARTS) is 1. The minimum atomic E-state index is -0.838. The molecule has 14 heavy (non-hydrogen) atoms. The number of carboxylic acids is 1. The van der Waals surface area contributed by atoms with Crippen LogP contribution in [0.15, 0.2) is 11.4 Å². The average Bonchev–Trinajstić information content (AvgIpc) is 2.82. The Morgan fingerprint density at radius 3 is 3.00 bits per heavy atom. The Morgan fingerprint density at radius 2 is 2.43 bits per heavy atom. The van der Waals surface area contributed by atoms with Crippen LogP contribution in [0.1, 0.15) is 28.1 Å². The van der Waals surface area contributed by atoms with Crippen molar-refractivity contribution in [3.63, 3.8) is 0 Å². The maximum absolute atomic E-state index is 10.6. The van der Waals surface area contributed by atoms with E-state index in [1.54, 1.807) is 11.4 Å². The maximum atomic E-state index is 10.6. The van der Waals surface area contributed by atoms with Gasteiger partial charge in [0.25, 0.3) is 0 Å². The van der Waals surface area contributed by atoms with Crippen molar-refractivity contribution >= 4 is 17.3 Å². The lowest BCUT2D eigenvalue weighted by molar-refractivity contribution is 0.0697. The predicted octanol–water partition coefficient (Wildman–Crippen LogP) is 1.95. The summed E-state index contributed by atoms with van der Waals surface area (Å²) in [5.74, 6) is 0.0311. The van der Waals surface area contributed by atoms with Gasteiger partial charge in [-0.25, -0.2) is 4.79 Å². The molecule has 1 saturated carbocycles. The van der Waals surface area contributed by atoms with Crippen LogP contribution in [0, 0.1) is 5.92 Å². The lowest BCUT2D eigenvalue weighted by Crippen LogP contribution is -2.15. The SMILES string of the molecule is O=C(O)c1csc(CNCC2CC2)c1. The molecule has 1 aromatic heterocycles. The predicted molar refractivity (Wildman–Crippen MR) is 55.7 cm³/mol. The van der Waals surface area contributed by atoms with E-state index in [0.29, 0.717) is 5.56 Å². The van der Waals surface area contributed by atoms with Crippen molar-refractivity contribution in [1.29, 1.82) is 0 Å². The Bertz CT molecular complexity index is 331. The summed E-state index contributed by atoms with van der Waals surface area (Å²) < 4.78 is 0. The third kappa shape index (κ3) is 2.56. The van der Waals surface area contributed by atoms with Crippen molar-refractivity contribution in [3.05, 3.63) is 21.9 Å². The number of aromatic carboxylic acids is 1. The highest BCUT2D eigenvalue weighted by Gasteiger charge is 2.20. The van der Waals surface area contributed by atoms with Gasteiger partial charge >= 0.3 is 5.97 Å². The number of hydrogen-bond donors (Lipinski definition) is 2. The number of rotatable bonds is 5. The van der Waals surface area contributed by atoms with Gasteiger partial charge in [0, 0.05) is 16.8 Å². The Balaban J connectivity index is 1.79. The van der Waals surface area contributed by atoms with E-state index in [2.05, 4.69) is 5.32 Å². The zero-order chi connectivity index (χ0) is 9.97. The standard InChI is InChI=1S/C10H13NO2S/c12-10(13)8-3-9(14-6-8)5-11-4-7-1-2-7/h3,6-7,11H,1-2,4-5H2,(H,12,13). The van der Waals surface area contributed by atoms with E-state index < -0.39 is 5.97 Å². The summed E-state index contributed by atoms with van der Waals surface area (Å²) in [5, 5.41) is 13.7. The third-order valence-corrected chi connectivity index (χ3v) is 3.27. The molecule has 0 atom stereocenters. The van der Waals surface area contributed by atoms with Crippen molar-refractivity contribution in [2.75, 3.05) is 6.54 Å². The van der Waals surface area contributed by atoms with Crippen molar-refractivity contribution in [3.8, 4) is 0 Å². The molecule has 1 aliphatic carbocycles. The molecular weight excluding hydrogens is 198 g/mol. The van der Waals surface area contributed by atoms with Gasteiger partial charge in [0.05, 0.1) is 5.56 Å². The molecule has 0 bridgehead atoms. The second-order valence-electron chi connectivity index (χ2n) is 3.68. The molecule has 0 radical (unpaired) electrons. The van der Waals surface area contributed by atoms with Crippen molar-refractivity contribution < 1.29 is 9.90 Å². The van der Waals surface area contributed by atoms with Crippen LogP contribution in [0.5, 0.6) is 0 Å². The molecule has 0 amide bonds. The fourth-order valence-corrected chi connectivity index (χ4v) is 2.13. The minimum Gasteiger partial charge on any atom is -0.478 e. The van der Waals surface area contributed by atoms with Gasteiger partial charge in [-0.15, -0.1) is 11.3 Å². The highest BCUT2D eigenvalue weighted by atomic mass is 32.1. The molecule has 4 heteroatoms. The molecule has 76 valence electrons. The Labute approximate surface area is 86.8 Å². The highest BCUT2D eigenvalue weighted by Crippen LogP contribution is 2.27. The van der Waals surface area contributed by atoms with Gasteiger partial charge < -0.3 is 10.4 Å². The van der Waals surface area contributed by atoms with Crippen LogP contribution < -0.4 is 5.32 Å². The van der Waals surface area contributed by atoms with E-state index in [1.165, 1.54) is 24.2 Å². The highest BCUT2D eigenvalue weighted by molar-refractivity contribution is 7.10. The van der Waals surface area contributed by atoms with Gasteiger partial charge in [0.2, 0.25) is 0 Å². The first kappa shape index (κ1) is 9.68. The van der Waals surface area contributed by atoms with Gasteiger partial charge in [-0.3, -0.25) is 0 Å². The maximum Gasteiger partial charge on any atom is 0.336 e. The van der Waals surface area contributed by atoms with E-state index in [4.69, 9.17) is 5.11 Å². The largest absolute Gasteiger partial charge is 0.478 e. The number of thiophene rings is 1. The average molecular weight is 211 g/mol. The molecule has 0 unspecified atom stereocenters. The summed E-state index contributed by atoms with van der Waals surface area (Å²) >= 11 is 1.51. The zero-order valence-electron chi connectivity index (χ0n) is 7.82. The molecular formula is C10H13NO2S. The van der Waals surface area contributed by atoms with E-state index in [9.17, 15) is 4.79 Å². The van der Waals surface area contributed by atoms with Crippen LogP contribution in [0.4, 0.5) is 0 Å². The van der Waals surface area contributed by atoms with Crippen LogP contribution in [-0.4, -0.2) is 17.6 Å². The first-order valence-electron chi connectivity index (χ1n) is 4.77. The van der Waals surface area contributed by atoms with Crippen molar-refractivity contribution in [2.24, 2.45) is 5.92 Å². The van der Waals surface area contributed by atoms with Crippen LogP contribution in [0.2, 0.25) is 0 Å². The summed E-state index contributed by atoms with van der Waals surface area (Å²) in [5.41, 5.74) is 0.401. The summed E-state index contributed by atoms with van der Waals surface area (Å²) in [4.78, 5) is 11.7. The fourth-order valence-electron chi connectivity index (χ4n) is 1.31. The summed E-state index contributed by atoms with van der Waals surface area (Å²) in [6.07, 6.45) is 2.69. The van der Waals surface area contributed by atoms with Crippen LogP contribution in [0.3, 0.4) is 0 Å². The molecule has 1 aliphatic rings. The first-order valence-corrected chi connectivity index (χ1v) is 5.65. The third-order valence-electron chi connectivity index (χ3n) is 2.33. The molecule has 1 aromatic rings. The molecule has 0 spiro atoms. The molecule has 3 nitrogen and oxygen atoms in total. The molecule has 1 fully saturated rings. The second kappa shape index (κ2) is 4.11. The molecule has 0 saturated heterocycles. The van der Waals surface area contributed by atoms with E-state index in [1.807, 2.05) is 0 Å². The quantitative estimate of drug-likeness (QED) is 0.782. The van der Waals surface area contributed by atoms with Gasteiger partial charge in [-0.1, -0.05) is 0 Å². The smallest absolute Gasteiger partial charge is 0.336 e. The van der Waals surface area contributed by atoms with Gasteiger partial charge in [-0.05, 0) is 31.4 Å². The van der Waals surface area contributed by atoms with Crippen molar-refractivity contribution in [2.45, 2.75) is 19.4 Å². The lowest BCUT2D eigenvalue weighted by Gasteiger charge is -1.99. The normalized spacial score (nSPS) is 15.7. The van der Waals surface area contributed by atoms with E-state index in [-0.39, 0.29) is 0 Å². The molecule has 2 N–H and O–H groups in total. The second-order valence-corrected chi connectivity index (χ2v) is 4.68. The van der Waals surface area contributed by atoms with E-state index in [0.717, 1.165) is 23.9 Å². The van der Waals surface area contributed by atoms with Crippen molar-refractivity contribution in [1.82, 2.24) is 5.32 Å². The van der Waals surface area contributed by atoms with Crippen LogP contribution in [-0.2, 0) is 6.54 Å². The molecule has 2 rings (SSSR count). The summed E-state index contributed by atoms with van der Waals surface area (Å²) in [6, 6.07) is 1.74. The summed E-state index contributed by atoms with van der Waals surface area (Å²) in [6.45, 7) is 1.87. The number of carbonyl (C=O) groups is 1. The lowest BCUT2D eigenvalue weighted by atomic mass is 10.3. The zero-order valence-corrected chi connectivity index (χ0v) is 8.64. The van der Waals surface area contributed by atoms with Gasteiger partial charge in [-0.2, -0.15) is 0 Å². The fraction of sp³-hybridized carbons (Fsp3) is 0.500. The number of hydrogen-bond acceptors (Lipinski definition) is 3. The Kier molecular flexibility index (Phi) is 2.84. The Morgan fingerprint density at radius 1 is 1.64 bits per heavy atom. The van der Waals surface area contributed by atoms with Crippen LogP contribution >= 0.6 is 11.3 Å². The monoisotopic (exact) mass is 211 g/mol. The van der Waals surface area contributed by atoms with Gasteiger partial charge in [0.15, 0.2) is 0 Å². The van der Waals surface area contributed by atoms with Crippen LogP contribution in [0.25, 0.3) is 0 Å². The molecule has 1 heterocycles.